The average molecular weight is 427 g/mol. The number of aryl methyl sites for hydroxylation is 2. The number of fused-ring (bicyclic) bond motifs is 1. The molecule has 0 radical (unpaired) electrons. The highest BCUT2D eigenvalue weighted by atomic mass is 16.5. The van der Waals surface area contributed by atoms with Gasteiger partial charge in [-0.05, 0) is 49.2 Å². The molecule has 0 saturated carbocycles. The van der Waals surface area contributed by atoms with Crippen molar-refractivity contribution in [3.05, 3.63) is 83.0 Å². The molecule has 0 N–H and O–H groups in total. The van der Waals surface area contributed by atoms with Crippen LogP contribution in [0.1, 0.15) is 34.0 Å². The van der Waals surface area contributed by atoms with Gasteiger partial charge >= 0.3 is 0 Å². The molecule has 1 spiro atoms. The molecule has 0 atom stereocenters. The van der Waals surface area contributed by atoms with E-state index in [2.05, 4.69) is 53.3 Å². The number of hydrogen-bond acceptors (Lipinski definition) is 6. The number of rotatable bonds is 5. The zero-order valence-electron chi connectivity index (χ0n) is 18.5. The Balaban J connectivity index is 1.32. The van der Waals surface area contributed by atoms with Crippen LogP contribution < -0.4 is 4.90 Å². The van der Waals surface area contributed by atoms with Gasteiger partial charge in [-0.2, -0.15) is 0 Å². The molecule has 4 aromatic heterocycles. The molecule has 6 heterocycles. The fourth-order valence-corrected chi connectivity index (χ4v) is 4.82. The van der Waals surface area contributed by atoms with Crippen LogP contribution in [-0.4, -0.2) is 50.6 Å². The van der Waals surface area contributed by atoms with Crippen molar-refractivity contribution in [3.63, 3.8) is 0 Å². The minimum atomic E-state index is 0.339. The van der Waals surface area contributed by atoms with E-state index in [9.17, 15) is 0 Å². The maximum atomic E-state index is 5.44. The van der Waals surface area contributed by atoms with E-state index in [1.807, 2.05) is 23.7 Å². The summed E-state index contributed by atoms with van der Waals surface area (Å²) in [5.74, 6) is 1.83. The van der Waals surface area contributed by atoms with Gasteiger partial charge in [0.25, 0.3) is 0 Å². The molecule has 0 bridgehead atoms. The molecular formula is C25H26N6O. The number of hydrogen-bond donors (Lipinski definition) is 0. The van der Waals surface area contributed by atoms with E-state index in [1.54, 1.807) is 0 Å². The van der Waals surface area contributed by atoms with Crippen LogP contribution in [0, 0.1) is 19.3 Å². The lowest BCUT2D eigenvalue weighted by Gasteiger charge is -2.55. The lowest BCUT2D eigenvalue weighted by Crippen LogP contribution is -2.66. The van der Waals surface area contributed by atoms with Crippen LogP contribution in [0.15, 0.2) is 48.9 Å². The second kappa shape index (κ2) is 7.38. The number of nitrogens with zero attached hydrogens (tertiary/aromatic N) is 6. The summed E-state index contributed by atoms with van der Waals surface area (Å²) in [6.07, 6.45) is 7.20. The third kappa shape index (κ3) is 3.62. The van der Waals surface area contributed by atoms with Crippen LogP contribution in [0.25, 0.3) is 5.65 Å². The Morgan fingerprint density at radius 1 is 0.938 bits per heavy atom. The fraction of sp³-hybridized carbons (Fsp3) is 0.360. The molecule has 2 fully saturated rings. The lowest BCUT2D eigenvalue weighted by molar-refractivity contribution is -0.127. The highest BCUT2D eigenvalue weighted by molar-refractivity contribution is 5.47. The molecule has 7 heteroatoms. The van der Waals surface area contributed by atoms with Crippen LogP contribution in [-0.2, 0) is 17.6 Å². The molecule has 4 aromatic rings. The molecule has 162 valence electrons. The summed E-state index contributed by atoms with van der Waals surface area (Å²) in [5.41, 5.74) is 6.76. The number of anilines is 1. The van der Waals surface area contributed by atoms with Gasteiger partial charge in [0.15, 0.2) is 0 Å². The Bertz CT molecular complexity index is 1280. The number of pyridine rings is 2. The average Bonchev–Trinajstić information content (AvgIpc) is 3.12. The van der Waals surface area contributed by atoms with E-state index < -0.39 is 0 Å². The SMILES string of the molecule is Cc1cc(C)nc(Cc2nc(Cc3ccn4ccnc4c3)cc(N3CC4(COC4)C3)n2)c1. The molecule has 2 aliphatic rings. The van der Waals surface area contributed by atoms with E-state index in [0.29, 0.717) is 11.8 Å². The third-order valence-corrected chi connectivity index (χ3v) is 6.34. The normalized spacial score (nSPS) is 16.9. The predicted octanol–water partition coefficient (Wildman–Crippen LogP) is 3.15. The Kier molecular flexibility index (Phi) is 4.47. The second-order valence-electron chi connectivity index (χ2n) is 9.34. The summed E-state index contributed by atoms with van der Waals surface area (Å²) in [6.45, 7) is 7.88. The van der Waals surface area contributed by atoms with Crippen LogP contribution in [0.4, 0.5) is 5.82 Å². The third-order valence-electron chi connectivity index (χ3n) is 6.34. The number of aromatic nitrogens is 5. The fourth-order valence-electron chi connectivity index (χ4n) is 4.82. The highest BCUT2D eigenvalue weighted by Gasteiger charge is 2.49. The molecule has 2 aliphatic heterocycles. The summed E-state index contributed by atoms with van der Waals surface area (Å²) >= 11 is 0. The minimum absolute atomic E-state index is 0.339. The van der Waals surface area contributed by atoms with E-state index in [-0.39, 0.29) is 0 Å². The first-order valence-electron chi connectivity index (χ1n) is 11.1. The Hall–Kier alpha value is -3.32. The topological polar surface area (TPSA) is 68.4 Å². The maximum Gasteiger partial charge on any atom is 0.136 e. The van der Waals surface area contributed by atoms with E-state index in [0.717, 1.165) is 67.1 Å². The van der Waals surface area contributed by atoms with E-state index in [4.69, 9.17) is 19.7 Å². The van der Waals surface area contributed by atoms with Gasteiger partial charge in [-0.1, -0.05) is 0 Å². The van der Waals surface area contributed by atoms with Gasteiger partial charge in [-0.15, -0.1) is 0 Å². The standard InChI is InChI=1S/C25H26N6O/c1-17-7-18(2)27-20(8-17)11-22-28-21(9-19-3-5-30-6-4-26-23(30)10-19)12-24(29-22)31-13-25(14-31)15-32-16-25/h3-8,10,12H,9,11,13-16H2,1-2H3. The summed E-state index contributed by atoms with van der Waals surface area (Å²) in [5, 5.41) is 0. The van der Waals surface area contributed by atoms with Gasteiger partial charge in [0.2, 0.25) is 0 Å². The Morgan fingerprint density at radius 3 is 2.56 bits per heavy atom. The first-order chi connectivity index (χ1) is 15.5. The van der Waals surface area contributed by atoms with Crippen molar-refractivity contribution in [2.24, 2.45) is 5.41 Å². The zero-order valence-corrected chi connectivity index (χ0v) is 18.5. The van der Waals surface area contributed by atoms with Gasteiger partial charge in [-0.3, -0.25) is 4.98 Å². The van der Waals surface area contributed by atoms with Crippen molar-refractivity contribution in [2.45, 2.75) is 26.7 Å². The number of imidazole rings is 1. The largest absolute Gasteiger partial charge is 0.380 e. The summed E-state index contributed by atoms with van der Waals surface area (Å²) in [7, 11) is 0. The van der Waals surface area contributed by atoms with Crippen molar-refractivity contribution < 1.29 is 4.74 Å². The Labute approximate surface area is 187 Å². The molecule has 0 aromatic carbocycles. The van der Waals surface area contributed by atoms with Gasteiger partial charge in [-0.25, -0.2) is 15.0 Å². The molecule has 32 heavy (non-hydrogen) atoms. The van der Waals surface area contributed by atoms with Gasteiger partial charge < -0.3 is 14.0 Å². The first-order valence-corrected chi connectivity index (χ1v) is 11.1. The summed E-state index contributed by atoms with van der Waals surface area (Å²) in [4.78, 5) is 21.3. The highest BCUT2D eigenvalue weighted by Crippen LogP contribution is 2.39. The summed E-state index contributed by atoms with van der Waals surface area (Å²) < 4.78 is 7.47. The van der Waals surface area contributed by atoms with Gasteiger partial charge in [0, 0.05) is 55.6 Å². The van der Waals surface area contributed by atoms with Gasteiger partial charge in [0.1, 0.15) is 17.3 Å². The lowest BCUT2D eigenvalue weighted by atomic mass is 9.78. The van der Waals surface area contributed by atoms with Crippen LogP contribution >= 0.6 is 0 Å². The van der Waals surface area contributed by atoms with Crippen molar-refractivity contribution in [1.29, 1.82) is 0 Å². The predicted molar refractivity (Wildman–Crippen MR) is 122 cm³/mol. The molecule has 0 aliphatic carbocycles. The Morgan fingerprint density at radius 2 is 1.78 bits per heavy atom. The number of ether oxygens (including phenoxy) is 1. The van der Waals surface area contributed by atoms with Crippen molar-refractivity contribution in [2.75, 3.05) is 31.2 Å². The van der Waals surface area contributed by atoms with Crippen molar-refractivity contribution in [3.8, 4) is 0 Å². The molecular weight excluding hydrogens is 400 g/mol. The smallest absolute Gasteiger partial charge is 0.136 e. The molecule has 0 unspecified atom stereocenters. The first kappa shape index (κ1) is 19.4. The molecule has 0 amide bonds. The molecule has 7 nitrogen and oxygen atoms in total. The second-order valence-corrected chi connectivity index (χ2v) is 9.34. The van der Waals surface area contributed by atoms with Crippen LogP contribution in [0.5, 0.6) is 0 Å². The van der Waals surface area contributed by atoms with E-state index >= 15 is 0 Å². The maximum absolute atomic E-state index is 5.44. The van der Waals surface area contributed by atoms with Crippen molar-refractivity contribution >= 4 is 11.5 Å². The zero-order chi connectivity index (χ0) is 21.7. The van der Waals surface area contributed by atoms with Crippen LogP contribution in [0.3, 0.4) is 0 Å². The monoisotopic (exact) mass is 426 g/mol. The molecule has 2 saturated heterocycles. The van der Waals surface area contributed by atoms with Gasteiger partial charge in [0.05, 0.1) is 30.7 Å². The minimum Gasteiger partial charge on any atom is -0.380 e. The summed E-state index contributed by atoms with van der Waals surface area (Å²) in [6, 6.07) is 10.6. The van der Waals surface area contributed by atoms with Crippen LogP contribution in [0.2, 0.25) is 0 Å². The quantitative estimate of drug-likeness (QED) is 0.488. The van der Waals surface area contributed by atoms with Crippen molar-refractivity contribution in [1.82, 2.24) is 24.3 Å². The molecule has 6 rings (SSSR count). The van der Waals surface area contributed by atoms with E-state index in [1.165, 1.54) is 11.1 Å².